The van der Waals surface area contributed by atoms with Crippen molar-refractivity contribution >= 4 is 45.3 Å². The van der Waals surface area contributed by atoms with Gasteiger partial charge >= 0.3 is 11.8 Å². The zero-order chi connectivity index (χ0) is 17.5. The van der Waals surface area contributed by atoms with E-state index in [2.05, 4.69) is 31.8 Å². The molecule has 0 atom stereocenters. The second-order valence-electron chi connectivity index (χ2n) is 5.15. The van der Waals surface area contributed by atoms with Crippen LogP contribution in [0.4, 0.5) is 11.4 Å². The molecule has 0 spiro atoms. The Kier molecular flexibility index (Phi) is 6.08. The van der Waals surface area contributed by atoms with Crippen LogP contribution in [-0.4, -0.2) is 32.1 Å². The molecule has 0 bridgehead atoms. The van der Waals surface area contributed by atoms with E-state index < -0.39 is 11.8 Å². The smallest absolute Gasteiger partial charge is 0.329 e. The Morgan fingerprint density at radius 3 is 2.21 bits per heavy atom. The monoisotopic (exact) mass is 388 g/mol. The molecule has 0 aliphatic carbocycles. The van der Waals surface area contributed by atoms with Gasteiger partial charge in [-0.3, -0.25) is 9.59 Å². The van der Waals surface area contributed by atoms with Crippen LogP contribution in [0.15, 0.2) is 58.1 Å². The van der Waals surface area contributed by atoms with Crippen LogP contribution >= 0.6 is 15.9 Å². The third-order valence-corrected chi connectivity index (χ3v) is 3.63. The fraction of sp³-hybridized carbons (Fsp3) is 0.118. The minimum atomic E-state index is -0.834. The van der Waals surface area contributed by atoms with Crippen LogP contribution < -0.4 is 15.6 Å². The van der Waals surface area contributed by atoms with Crippen LogP contribution in [-0.2, 0) is 9.59 Å². The van der Waals surface area contributed by atoms with Gasteiger partial charge in [0.15, 0.2) is 0 Å². The molecular formula is C17H17BrN4O2. The maximum atomic E-state index is 11.7. The zero-order valence-electron chi connectivity index (χ0n) is 13.3. The summed E-state index contributed by atoms with van der Waals surface area (Å²) in [5.41, 5.74) is 4.60. The van der Waals surface area contributed by atoms with Crippen LogP contribution in [0.1, 0.15) is 5.56 Å². The first-order valence-electron chi connectivity index (χ1n) is 7.13. The van der Waals surface area contributed by atoms with Crippen molar-refractivity contribution in [2.75, 3.05) is 24.3 Å². The van der Waals surface area contributed by atoms with Crippen molar-refractivity contribution in [3.63, 3.8) is 0 Å². The van der Waals surface area contributed by atoms with Gasteiger partial charge in [0.25, 0.3) is 0 Å². The number of rotatable bonds is 4. The van der Waals surface area contributed by atoms with Gasteiger partial charge in [0, 0.05) is 29.9 Å². The SMILES string of the molecule is CN(C)c1ccc(/C=N/NC(=O)C(=O)Nc2ccc(Br)cc2)cc1. The summed E-state index contributed by atoms with van der Waals surface area (Å²) in [6.45, 7) is 0. The lowest BCUT2D eigenvalue weighted by Gasteiger charge is -2.11. The average molecular weight is 389 g/mol. The Balaban J connectivity index is 1.87. The first-order valence-corrected chi connectivity index (χ1v) is 7.92. The van der Waals surface area contributed by atoms with Crippen LogP contribution in [0, 0.1) is 0 Å². The number of nitrogens with zero attached hydrogens (tertiary/aromatic N) is 2. The lowest BCUT2D eigenvalue weighted by Crippen LogP contribution is -2.32. The molecule has 0 radical (unpaired) electrons. The van der Waals surface area contributed by atoms with Crippen LogP contribution in [0.5, 0.6) is 0 Å². The molecule has 2 amide bonds. The summed E-state index contributed by atoms with van der Waals surface area (Å²) in [6, 6.07) is 14.5. The lowest BCUT2D eigenvalue weighted by atomic mass is 10.2. The molecule has 6 nitrogen and oxygen atoms in total. The maximum absolute atomic E-state index is 11.7. The lowest BCUT2D eigenvalue weighted by molar-refractivity contribution is -0.136. The van der Waals surface area contributed by atoms with E-state index in [1.807, 2.05) is 43.3 Å². The third kappa shape index (κ3) is 5.20. The molecule has 2 aromatic carbocycles. The largest absolute Gasteiger partial charge is 0.378 e. The first-order chi connectivity index (χ1) is 11.5. The van der Waals surface area contributed by atoms with E-state index in [4.69, 9.17) is 0 Å². The van der Waals surface area contributed by atoms with Crippen molar-refractivity contribution in [2.45, 2.75) is 0 Å². The summed E-state index contributed by atoms with van der Waals surface area (Å²) < 4.78 is 0.884. The van der Waals surface area contributed by atoms with Crippen molar-refractivity contribution in [3.05, 3.63) is 58.6 Å². The number of amides is 2. The van der Waals surface area contributed by atoms with Gasteiger partial charge in [-0.1, -0.05) is 28.1 Å². The minimum absolute atomic E-state index is 0.529. The van der Waals surface area contributed by atoms with E-state index >= 15 is 0 Å². The number of nitrogens with one attached hydrogen (secondary N) is 2. The molecule has 0 aromatic heterocycles. The molecule has 0 heterocycles. The van der Waals surface area contributed by atoms with Gasteiger partial charge in [-0.15, -0.1) is 0 Å². The molecule has 0 saturated carbocycles. The molecule has 0 fully saturated rings. The van der Waals surface area contributed by atoms with E-state index in [0.29, 0.717) is 5.69 Å². The summed E-state index contributed by atoms with van der Waals surface area (Å²) >= 11 is 3.30. The highest BCUT2D eigenvalue weighted by Crippen LogP contribution is 2.14. The molecule has 2 rings (SSSR count). The van der Waals surface area contributed by atoms with Gasteiger partial charge in [0.05, 0.1) is 6.21 Å². The highest BCUT2D eigenvalue weighted by Gasteiger charge is 2.12. The zero-order valence-corrected chi connectivity index (χ0v) is 14.9. The summed E-state index contributed by atoms with van der Waals surface area (Å²) in [6.07, 6.45) is 1.48. The minimum Gasteiger partial charge on any atom is -0.378 e. The summed E-state index contributed by atoms with van der Waals surface area (Å²) in [5, 5.41) is 6.27. The second kappa shape index (κ2) is 8.26. The molecule has 2 N–H and O–H groups in total. The first kappa shape index (κ1) is 17.7. The number of halogens is 1. The van der Waals surface area contributed by atoms with Crippen LogP contribution in [0.2, 0.25) is 0 Å². The Morgan fingerprint density at radius 2 is 1.62 bits per heavy atom. The van der Waals surface area contributed by atoms with Crippen molar-refractivity contribution in [1.29, 1.82) is 0 Å². The number of benzene rings is 2. The molecule has 0 unspecified atom stereocenters. The van der Waals surface area contributed by atoms with Crippen molar-refractivity contribution < 1.29 is 9.59 Å². The van der Waals surface area contributed by atoms with Gasteiger partial charge < -0.3 is 10.2 Å². The van der Waals surface area contributed by atoms with E-state index in [0.717, 1.165) is 15.7 Å². The topological polar surface area (TPSA) is 73.8 Å². The summed E-state index contributed by atoms with van der Waals surface area (Å²) in [7, 11) is 3.90. The van der Waals surface area contributed by atoms with Crippen LogP contribution in [0.3, 0.4) is 0 Å². The van der Waals surface area contributed by atoms with E-state index in [1.165, 1.54) is 6.21 Å². The third-order valence-electron chi connectivity index (χ3n) is 3.10. The Morgan fingerprint density at radius 1 is 1.00 bits per heavy atom. The number of hydrogen-bond donors (Lipinski definition) is 2. The molecule has 24 heavy (non-hydrogen) atoms. The summed E-state index contributed by atoms with van der Waals surface area (Å²) in [4.78, 5) is 25.4. The van der Waals surface area contributed by atoms with Gasteiger partial charge in [0.2, 0.25) is 0 Å². The highest BCUT2D eigenvalue weighted by molar-refractivity contribution is 9.10. The van der Waals surface area contributed by atoms with Gasteiger partial charge in [-0.25, -0.2) is 5.43 Å². The molecule has 0 aliphatic heterocycles. The molecular weight excluding hydrogens is 372 g/mol. The summed E-state index contributed by atoms with van der Waals surface area (Å²) in [5.74, 6) is -1.61. The molecule has 0 saturated heterocycles. The average Bonchev–Trinajstić information content (AvgIpc) is 2.57. The molecule has 7 heteroatoms. The fourth-order valence-corrected chi connectivity index (χ4v) is 2.06. The standard InChI is InChI=1S/C17H17BrN4O2/c1-22(2)15-9-3-12(4-10-15)11-19-21-17(24)16(23)20-14-7-5-13(18)6-8-14/h3-11H,1-2H3,(H,20,23)(H,21,24)/b19-11+. The molecule has 2 aromatic rings. The normalized spacial score (nSPS) is 10.5. The number of hydrazone groups is 1. The number of carbonyl (C=O) groups excluding carboxylic acids is 2. The predicted octanol–water partition coefficient (Wildman–Crippen LogP) is 2.60. The quantitative estimate of drug-likeness (QED) is 0.480. The second-order valence-corrected chi connectivity index (χ2v) is 6.06. The maximum Gasteiger partial charge on any atom is 0.329 e. The highest BCUT2D eigenvalue weighted by atomic mass is 79.9. The van der Waals surface area contributed by atoms with Gasteiger partial charge in [-0.05, 0) is 42.0 Å². The number of carbonyl (C=O) groups is 2. The fourth-order valence-electron chi connectivity index (χ4n) is 1.80. The van der Waals surface area contributed by atoms with Crippen molar-refractivity contribution in [2.24, 2.45) is 5.10 Å². The van der Waals surface area contributed by atoms with Crippen molar-refractivity contribution in [1.82, 2.24) is 5.43 Å². The number of hydrogen-bond acceptors (Lipinski definition) is 4. The van der Waals surface area contributed by atoms with Gasteiger partial charge in [-0.2, -0.15) is 5.10 Å². The Hall–Kier alpha value is -2.67. The molecule has 124 valence electrons. The molecule has 0 aliphatic rings. The predicted molar refractivity (Wildman–Crippen MR) is 99.3 cm³/mol. The Bertz CT molecular complexity index is 740. The van der Waals surface area contributed by atoms with E-state index in [1.54, 1.807) is 24.3 Å². The van der Waals surface area contributed by atoms with Gasteiger partial charge in [0.1, 0.15) is 0 Å². The van der Waals surface area contributed by atoms with E-state index in [-0.39, 0.29) is 0 Å². The van der Waals surface area contributed by atoms with Crippen LogP contribution in [0.25, 0.3) is 0 Å². The van der Waals surface area contributed by atoms with Crippen molar-refractivity contribution in [3.8, 4) is 0 Å². The van der Waals surface area contributed by atoms with E-state index in [9.17, 15) is 9.59 Å². The number of anilines is 2. The Labute approximate surface area is 148 Å².